The number of carbonyl (C=O) groups excluding carboxylic acids is 2. The van der Waals surface area contributed by atoms with Gasteiger partial charge in [-0.2, -0.15) is 0 Å². The van der Waals surface area contributed by atoms with Crippen molar-refractivity contribution in [3.63, 3.8) is 0 Å². The van der Waals surface area contributed by atoms with Crippen LogP contribution in [0.3, 0.4) is 0 Å². The molecule has 1 atom stereocenters. The second kappa shape index (κ2) is 11.5. The molecule has 34 heavy (non-hydrogen) atoms. The van der Waals surface area contributed by atoms with E-state index in [1.165, 1.54) is 6.42 Å². The summed E-state index contributed by atoms with van der Waals surface area (Å²) in [7, 11) is 0. The molecule has 0 spiro atoms. The minimum absolute atomic E-state index is 0.107. The molecule has 0 radical (unpaired) electrons. The van der Waals surface area contributed by atoms with E-state index >= 15 is 0 Å². The number of hydrogen-bond donors (Lipinski definition) is 0. The van der Waals surface area contributed by atoms with Gasteiger partial charge in [0.15, 0.2) is 0 Å². The number of rotatable bonds is 8. The fourth-order valence-corrected chi connectivity index (χ4v) is 5.36. The van der Waals surface area contributed by atoms with Gasteiger partial charge in [0.05, 0.1) is 12.5 Å². The van der Waals surface area contributed by atoms with Crippen molar-refractivity contribution in [2.45, 2.75) is 57.8 Å². The second-order valence-corrected chi connectivity index (χ2v) is 9.92. The Hall–Kier alpha value is -2.82. The van der Waals surface area contributed by atoms with Crippen molar-refractivity contribution in [3.8, 4) is 5.75 Å². The average molecular weight is 463 g/mol. The number of amides is 2. The van der Waals surface area contributed by atoms with E-state index in [0.717, 1.165) is 56.5 Å². The summed E-state index contributed by atoms with van der Waals surface area (Å²) in [5.41, 5.74) is 0.842. The van der Waals surface area contributed by atoms with Gasteiger partial charge in [-0.05, 0) is 56.2 Å². The van der Waals surface area contributed by atoms with Crippen LogP contribution in [0.2, 0.25) is 0 Å². The van der Waals surface area contributed by atoms with Gasteiger partial charge >= 0.3 is 0 Å². The molecule has 2 aliphatic rings. The Labute approximate surface area is 204 Å². The number of piperidine rings is 2. The molecule has 2 saturated heterocycles. The van der Waals surface area contributed by atoms with E-state index in [-0.39, 0.29) is 23.1 Å². The quantitative estimate of drug-likeness (QED) is 0.537. The van der Waals surface area contributed by atoms with Gasteiger partial charge in [-0.15, -0.1) is 0 Å². The molecule has 0 N–H and O–H groups in total. The van der Waals surface area contributed by atoms with Gasteiger partial charge in [0.1, 0.15) is 5.75 Å². The smallest absolute Gasteiger partial charge is 0.230 e. The van der Waals surface area contributed by atoms with Crippen LogP contribution in [0.15, 0.2) is 60.7 Å². The van der Waals surface area contributed by atoms with Crippen molar-refractivity contribution in [1.82, 2.24) is 9.80 Å². The van der Waals surface area contributed by atoms with Gasteiger partial charge in [0.25, 0.3) is 0 Å². The minimum atomic E-state index is -0.240. The third kappa shape index (κ3) is 5.99. The molecule has 0 saturated carbocycles. The largest absolute Gasteiger partial charge is 0.493 e. The van der Waals surface area contributed by atoms with Gasteiger partial charge < -0.3 is 14.5 Å². The van der Waals surface area contributed by atoms with Crippen LogP contribution >= 0.6 is 0 Å². The lowest BCUT2D eigenvalue weighted by Crippen LogP contribution is -2.49. The monoisotopic (exact) mass is 462 g/mol. The number of likely N-dealkylation sites (tertiary alicyclic amines) is 2. The molecule has 2 heterocycles. The van der Waals surface area contributed by atoms with Crippen LogP contribution in [0.1, 0.15) is 63.4 Å². The maximum Gasteiger partial charge on any atom is 0.230 e. The zero-order valence-corrected chi connectivity index (χ0v) is 20.5. The van der Waals surface area contributed by atoms with Crippen molar-refractivity contribution >= 4 is 11.8 Å². The lowest BCUT2D eigenvalue weighted by molar-refractivity contribution is -0.139. The molecular weight excluding hydrogens is 424 g/mol. The lowest BCUT2D eigenvalue weighted by atomic mass is 9.75. The van der Waals surface area contributed by atoms with Crippen molar-refractivity contribution in [2.24, 2.45) is 5.41 Å². The minimum Gasteiger partial charge on any atom is -0.493 e. The summed E-state index contributed by atoms with van der Waals surface area (Å²) >= 11 is 0. The Morgan fingerprint density at radius 3 is 2.09 bits per heavy atom. The molecule has 4 rings (SSSR count). The number of hydrogen-bond acceptors (Lipinski definition) is 3. The highest BCUT2D eigenvalue weighted by molar-refractivity contribution is 5.84. The van der Waals surface area contributed by atoms with E-state index in [0.29, 0.717) is 26.1 Å². The highest BCUT2D eigenvalue weighted by atomic mass is 16.5. The first kappa shape index (κ1) is 24.3. The topological polar surface area (TPSA) is 49.9 Å². The van der Waals surface area contributed by atoms with Gasteiger partial charge in [-0.3, -0.25) is 9.59 Å². The number of ether oxygens (including phenoxy) is 1. The molecule has 2 amide bonds. The Balaban J connectivity index is 1.44. The SMILES string of the molecule is CC[C@H](C(=O)N1CCC(COc2ccccc2)(CC(=O)N2CCCCC2)CC1)c1ccccc1. The molecule has 5 nitrogen and oxygen atoms in total. The first-order valence-corrected chi connectivity index (χ1v) is 12.9. The van der Waals surface area contributed by atoms with Crippen molar-refractivity contribution in [1.29, 1.82) is 0 Å². The second-order valence-electron chi connectivity index (χ2n) is 9.92. The number of para-hydroxylation sites is 1. The van der Waals surface area contributed by atoms with Crippen LogP contribution in [0.4, 0.5) is 0 Å². The Kier molecular flexibility index (Phi) is 8.25. The molecule has 2 aromatic carbocycles. The summed E-state index contributed by atoms with van der Waals surface area (Å²) in [4.78, 5) is 30.7. The van der Waals surface area contributed by atoms with Crippen molar-refractivity contribution < 1.29 is 14.3 Å². The van der Waals surface area contributed by atoms with Crippen LogP contribution in [-0.4, -0.2) is 54.4 Å². The van der Waals surface area contributed by atoms with E-state index in [4.69, 9.17) is 4.74 Å². The highest BCUT2D eigenvalue weighted by Gasteiger charge is 2.40. The van der Waals surface area contributed by atoms with Crippen LogP contribution in [0.5, 0.6) is 5.75 Å². The fourth-order valence-electron chi connectivity index (χ4n) is 5.36. The molecule has 182 valence electrons. The third-order valence-corrected chi connectivity index (χ3v) is 7.57. The van der Waals surface area contributed by atoms with Gasteiger partial charge in [0, 0.05) is 38.0 Å². The predicted octanol–water partition coefficient (Wildman–Crippen LogP) is 5.27. The zero-order chi connectivity index (χ0) is 23.8. The molecule has 5 heteroatoms. The van der Waals surface area contributed by atoms with E-state index in [1.807, 2.05) is 70.5 Å². The van der Waals surface area contributed by atoms with Crippen molar-refractivity contribution in [2.75, 3.05) is 32.8 Å². The Morgan fingerprint density at radius 1 is 0.853 bits per heavy atom. The first-order chi connectivity index (χ1) is 16.6. The lowest BCUT2D eigenvalue weighted by Gasteiger charge is -2.43. The normalized spacial score (nSPS) is 18.9. The zero-order valence-electron chi connectivity index (χ0n) is 20.5. The fraction of sp³-hybridized carbons (Fsp3) is 0.517. The van der Waals surface area contributed by atoms with E-state index < -0.39 is 0 Å². The summed E-state index contributed by atoms with van der Waals surface area (Å²) in [6.07, 6.45) is 6.27. The van der Waals surface area contributed by atoms with E-state index in [9.17, 15) is 9.59 Å². The Morgan fingerprint density at radius 2 is 1.47 bits per heavy atom. The van der Waals surface area contributed by atoms with Crippen LogP contribution in [0, 0.1) is 5.41 Å². The Bertz CT molecular complexity index is 917. The first-order valence-electron chi connectivity index (χ1n) is 12.9. The maximum absolute atomic E-state index is 13.4. The van der Waals surface area contributed by atoms with E-state index in [1.54, 1.807) is 0 Å². The van der Waals surface area contributed by atoms with E-state index in [2.05, 4.69) is 6.92 Å². The average Bonchev–Trinajstić information content (AvgIpc) is 2.90. The van der Waals surface area contributed by atoms with Gasteiger partial charge in [-0.25, -0.2) is 0 Å². The molecule has 0 aromatic heterocycles. The van der Waals surface area contributed by atoms with Crippen LogP contribution in [-0.2, 0) is 9.59 Å². The summed E-state index contributed by atoms with van der Waals surface area (Å²) in [6.45, 7) is 5.67. The molecular formula is C29H38N2O3. The highest BCUT2D eigenvalue weighted by Crippen LogP contribution is 2.38. The number of carbonyl (C=O) groups is 2. The standard InChI is InChI=1S/C29H38N2O3/c1-2-26(24-12-6-3-7-13-24)28(33)31-20-16-29(17-21-31,23-34-25-14-8-4-9-15-25)22-27(32)30-18-10-5-11-19-30/h3-4,6-9,12-15,26H,2,5,10-11,16-23H2,1H3/t26-/m0/s1. The van der Waals surface area contributed by atoms with Gasteiger partial charge in [0.2, 0.25) is 11.8 Å². The maximum atomic E-state index is 13.4. The van der Waals surface area contributed by atoms with Crippen LogP contribution < -0.4 is 4.74 Å². The molecule has 0 unspecified atom stereocenters. The summed E-state index contributed by atoms with van der Waals surface area (Å²) < 4.78 is 6.20. The third-order valence-electron chi connectivity index (χ3n) is 7.57. The molecule has 0 aliphatic carbocycles. The van der Waals surface area contributed by atoms with Crippen LogP contribution in [0.25, 0.3) is 0 Å². The molecule has 0 bridgehead atoms. The predicted molar refractivity (Wildman–Crippen MR) is 135 cm³/mol. The summed E-state index contributed by atoms with van der Waals surface area (Å²) in [6, 6.07) is 19.9. The molecule has 2 aromatic rings. The summed E-state index contributed by atoms with van der Waals surface area (Å²) in [5, 5.41) is 0. The number of nitrogens with zero attached hydrogens (tertiary/aromatic N) is 2. The number of benzene rings is 2. The molecule has 2 fully saturated rings. The molecule has 2 aliphatic heterocycles. The van der Waals surface area contributed by atoms with Gasteiger partial charge in [-0.1, -0.05) is 55.5 Å². The van der Waals surface area contributed by atoms with Crippen molar-refractivity contribution in [3.05, 3.63) is 66.2 Å². The summed E-state index contributed by atoms with van der Waals surface area (Å²) in [5.74, 6) is 1.17.